The lowest BCUT2D eigenvalue weighted by atomic mass is 9.90. The third-order valence-corrected chi connectivity index (χ3v) is 3.12. The van der Waals surface area contributed by atoms with Gasteiger partial charge in [0.25, 0.3) is 0 Å². The van der Waals surface area contributed by atoms with E-state index in [-0.39, 0.29) is 5.78 Å². The third kappa shape index (κ3) is 1.99. The summed E-state index contributed by atoms with van der Waals surface area (Å²) >= 11 is 0. The van der Waals surface area contributed by atoms with Crippen LogP contribution in [0, 0.1) is 0 Å². The summed E-state index contributed by atoms with van der Waals surface area (Å²) in [6.07, 6.45) is 4.12. The molecule has 0 aliphatic heterocycles. The zero-order valence-corrected chi connectivity index (χ0v) is 9.93. The second kappa shape index (κ2) is 4.61. The molecule has 0 unspecified atom stereocenters. The number of rotatable bonds is 2. The van der Waals surface area contributed by atoms with Crippen LogP contribution in [-0.2, 0) is 6.42 Å². The summed E-state index contributed by atoms with van der Waals surface area (Å²) in [6.45, 7) is 0. The average Bonchev–Trinajstić information content (AvgIpc) is 2.41. The average molecular weight is 239 g/mol. The molecule has 90 valence electrons. The molecule has 3 rings (SSSR count). The Morgan fingerprint density at radius 1 is 1.06 bits per heavy atom. The van der Waals surface area contributed by atoms with E-state index in [4.69, 9.17) is 4.74 Å². The van der Waals surface area contributed by atoms with Crippen LogP contribution in [0.2, 0.25) is 0 Å². The highest BCUT2D eigenvalue weighted by Gasteiger charge is 2.20. The van der Waals surface area contributed by atoms with Gasteiger partial charge >= 0.3 is 0 Å². The van der Waals surface area contributed by atoms with Gasteiger partial charge in [-0.2, -0.15) is 0 Å². The number of ketones is 1. The second-order valence-electron chi connectivity index (χ2n) is 4.33. The van der Waals surface area contributed by atoms with Crippen LogP contribution in [-0.4, -0.2) is 10.8 Å². The number of Topliss-reactive ketones (excluding diaryl/α,β-unsaturated/α-hetero) is 1. The molecule has 0 radical (unpaired) electrons. The van der Waals surface area contributed by atoms with Crippen LogP contribution in [0.15, 0.2) is 42.6 Å². The van der Waals surface area contributed by atoms with Crippen LogP contribution in [0.1, 0.15) is 28.8 Å². The van der Waals surface area contributed by atoms with E-state index in [1.165, 1.54) is 0 Å². The first-order chi connectivity index (χ1) is 8.84. The van der Waals surface area contributed by atoms with Gasteiger partial charge in [-0.15, -0.1) is 0 Å². The number of nitrogens with zero attached hydrogens (tertiary/aromatic N) is 1. The maximum absolute atomic E-state index is 11.8. The SMILES string of the molecule is O=C1CCCc2c(Oc3ccccn3)cccc21. The quantitative estimate of drug-likeness (QED) is 0.806. The van der Waals surface area contributed by atoms with Crippen molar-refractivity contribution in [2.45, 2.75) is 19.3 Å². The maximum atomic E-state index is 11.8. The predicted molar refractivity (Wildman–Crippen MR) is 68.0 cm³/mol. The normalized spacial score (nSPS) is 14.1. The fraction of sp³-hybridized carbons (Fsp3) is 0.200. The fourth-order valence-corrected chi connectivity index (χ4v) is 2.26. The van der Waals surface area contributed by atoms with Gasteiger partial charge in [0, 0.05) is 29.8 Å². The van der Waals surface area contributed by atoms with Gasteiger partial charge in [-0.05, 0) is 25.0 Å². The molecule has 3 heteroatoms. The van der Waals surface area contributed by atoms with Gasteiger partial charge in [-0.25, -0.2) is 4.98 Å². The lowest BCUT2D eigenvalue weighted by Gasteiger charge is -2.17. The Morgan fingerprint density at radius 2 is 2.00 bits per heavy atom. The van der Waals surface area contributed by atoms with E-state index < -0.39 is 0 Å². The highest BCUT2D eigenvalue weighted by Crippen LogP contribution is 2.31. The second-order valence-corrected chi connectivity index (χ2v) is 4.33. The molecule has 0 atom stereocenters. The van der Waals surface area contributed by atoms with Crippen molar-refractivity contribution >= 4 is 5.78 Å². The number of benzene rings is 1. The Bertz CT molecular complexity index is 578. The number of pyridine rings is 1. The topological polar surface area (TPSA) is 39.2 Å². The minimum atomic E-state index is 0.211. The van der Waals surface area contributed by atoms with Crippen molar-refractivity contribution < 1.29 is 9.53 Å². The predicted octanol–water partition coefficient (Wildman–Crippen LogP) is 3.39. The standard InChI is InChI=1S/C15H13NO2/c17-13-7-3-6-12-11(13)5-4-8-14(12)18-15-9-1-2-10-16-15/h1-2,4-5,8-10H,3,6-7H2. The molecule has 1 aromatic carbocycles. The summed E-state index contributed by atoms with van der Waals surface area (Å²) in [7, 11) is 0. The molecule has 2 aromatic rings. The zero-order valence-electron chi connectivity index (χ0n) is 9.93. The van der Waals surface area contributed by atoms with Gasteiger partial charge < -0.3 is 4.74 Å². The summed E-state index contributed by atoms with van der Waals surface area (Å²) in [4.78, 5) is 16.0. The smallest absolute Gasteiger partial charge is 0.219 e. The summed E-state index contributed by atoms with van der Waals surface area (Å²) in [5.41, 5.74) is 1.81. The number of fused-ring (bicyclic) bond motifs is 1. The maximum Gasteiger partial charge on any atom is 0.219 e. The lowest BCUT2D eigenvalue weighted by molar-refractivity contribution is 0.0972. The van der Waals surface area contributed by atoms with E-state index in [0.29, 0.717) is 12.3 Å². The Kier molecular flexibility index (Phi) is 2.81. The lowest BCUT2D eigenvalue weighted by Crippen LogP contribution is -2.11. The fourth-order valence-electron chi connectivity index (χ4n) is 2.26. The largest absolute Gasteiger partial charge is 0.439 e. The molecular formula is C15H13NO2. The molecule has 0 saturated heterocycles. The van der Waals surface area contributed by atoms with Gasteiger partial charge in [-0.1, -0.05) is 18.2 Å². The van der Waals surface area contributed by atoms with Crippen LogP contribution in [0.5, 0.6) is 11.6 Å². The first kappa shape index (κ1) is 11.0. The third-order valence-electron chi connectivity index (χ3n) is 3.12. The van der Waals surface area contributed by atoms with Crippen molar-refractivity contribution in [2.24, 2.45) is 0 Å². The van der Waals surface area contributed by atoms with E-state index in [0.717, 1.165) is 29.7 Å². The Morgan fingerprint density at radius 3 is 2.83 bits per heavy atom. The van der Waals surface area contributed by atoms with Crippen LogP contribution in [0.3, 0.4) is 0 Å². The molecule has 3 nitrogen and oxygen atoms in total. The van der Waals surface area contributed by atoms with Crippen molar-refractivity contribution in [3.8, 4) is 11.6 Å². The van der Waals surface area contributed by atoms with Crippen LogP contribution in [0.4, 0.5) is 0 Å². The molecule has 0 bridgehead atoms. The first-order valence-electron chi connectivity index (χ1n) is 6.08. The van der Waals surface area contributed by atoms with Crippen molar-refractivity contribution in [1.29, 1.82) is 0 Å². The monoisotopic (exact) mass is 239 g/mol. The van der Waals surface area contributed by atoms with Crippen molar-refractivity contribution in [2.75, 3.05) is 0 Å². The zero-order chi connectivity index (χ0) is 12.4. The minimum absolute atomic E-state index is 0.211. The van der Waals surface area contributed by atoms with E-state index in [9.17, 15) is 4.79 Å². The van der Waals surface area contributed by atoms with E-state index in [1.54, 1.807) is 6.20 Å². The van der Waals surface area contributed by atoms with Crippen molar-refractivity contribution in [3.05, 3.63) is 53.7 Å². The Labute approximate surface area is 105 Å². The highest BCUT2D eigenvalue weighted by atomic mass is 16.5. The van der Waals surface area contributed by atoms with E-state index in [2.05, 4.69) is 4.98 Å². The van der Waals surface area contributed by atoms with Crippen LogP contribution in [0.25, 0.3) is 0 Å². The van der Waals surface area contributed by atoms with Gasteiger partial charge in [-0.3, -0.25) is 4.79 Å². The minimum Gasteiger partial charge on any atom is -0.439 e. The molecule has 1 aromatic heterocycles. The number of hydrogen-bond donors (Lipinski definition) is 0. The summed E-state index contributed by atoms with van der Waals surface area (Å²) in [5, 5.41) is 0. The molecule has 1 heterocycles. The van der Waals surface area contributed by atoms with Gasteiger partial charge in [0.15, 0.2) is 5.78 Å². The molecular weight excluding hydrogens is 226 g/mol. The van der Waals surface area contributed by atoms with Gasteiger partial charge in [0.1, 0.15) is 5.75 Å². The first-order valence-corrected chi connectivity index (χ1v) is 6.08. The molecule has 0 amide bonds. The summed E-state index contributed by atoms with van der Waals surface area (Å²) in [6, 6.07) is 11.2. The van der Waals surface area contributed by atoms with E-state index >= 15 is 0 Å². The number of aromatic nitrogens is 1. The van der Waals surface area contributed by atoms with Crippen LogP contribution < -0.4 is 4.74 Å². The number of carbonyl (C=O) groups is 1. The molecule has 0 saturated carbocycles. The molecule has 0 fully saturated rings. The number of hydrogen-bond acceptors (Lipinski definition) is 3. The molecule has 0 spiro atoms. The molecule has 1 aliphatic rings. The summed E-state index contributed by atoms with van der Waals surface area (Å²) in [5.74, 6) is 1.52. The molecule has 1 aliphatic carbocycles. The highest BCUT2D eigenvalue weighted by molar-refractivity contribution is 5.99. The number of carbonyl (C=O) groups excluding carboxylic acids is 1. The van der Waals surface area contributed by atoms with Crippen molar-refractivity contribution in [1.82, 2.24) is 4.98 Å². The summed E-state index contributed by atoms with van der Waals surface area (Å²) < 4.78 is 5.76. The Balaban J connectivity index is 1.98. The Hall–Kier alpha value is -2.16. The molecule has 0 N–H and O–H groups in total. The van der Waals surface area contributed by atoms with E-state index in [1.807, 2.05) is 36.4 Å². The van der Waals surface area contributed by atoms with Crippen LogP contribution >= 0.6 is 0 Å². The van der Waals surface area contributed by atoms with Gasteiger partial charge in [0.05, 0.1) is 0 Å². The van der Waals surface area contributed by atoms with Gasteiger partial charge in [0.2, 0.25) is 5.88 Å². The molecule has 18 heavy (non-hydrogen) atoms. The van der Waals surface area contributed by atoms with Crippen molar-refractivity contribution in [3.63, 3.8) is 0 Å². The number of ether oxygens (including phenoxy) is 1.